The van der Waals surface area contributed by atoms with Crippen LogP contribution < -0.4 is 18.9 Å². The van der Waals surface area contributed by atoms with E-state index in [1.54, 1.807) is 0 Å². The predicted octanol–water partition coefficient (Wildman–Crippen LogP) is 2.47. The van der Waals surface area contributed by atoms with Crippen molar-refractivity contribution < 1.29 is 31.4 Å². The molecule has 14 heteroatoms. The lowest BCUT2D eigenvalue weighted by Crippen LogP contribution is -2.16. The van der Waals surface area contributed by atoms with Crippen molar-refractivity contribution in [3.63, 3.8) is 0 Å². The first-order valence-electron chi connectivity index (χ1n) is 7.82. The molecule has 0 aliphatic carbocycles. The molecule has 29 heavy (non-hydrogen) atoms. The minimum Gasteiger partial charge on any atom is -0.478 e. The molecular weight excluding hydrogens is 436 g/mol. The average Bonchev–Trinajstić information content (AvgIpc) is 3.09. The number of nitrogens with one attached hydrogen (secondary N) is 2. The molecule has 0 atom stereocenters. The number of alkyl halides is 2. The smallest absolute Gasteiger partial charge is 0.272 e. The molecule has 0 aliphatic rings. The summed E-state index contributed by atoms with van der Waals surface area (Å²) in [6, 6.07) is 2.92. The second kappa shape index (κ2) is 8.21. The summed E-state index contributed by atoms with van der Waals surface area (Å²) in [4.78, 5) is 14.3. The molecule has 0 aliphatic heterocycles. The second-order valence-corrected chi connectivity index (χ2v) is 7.42. The molecule has 0 spiro atoms. The minimum absolute atomic E-state index is 0.128. The Morgan fingerprint density at radius 3 is 2.41 bits per heavy atom. The van der Waals surface area contributed by atoms with Gasteiger partial charge < -0.3 is 19.2 Å². The molecule has 0 aromatic carbocycles. The first kappa shape index (κ1) is 20.8. The topological polar surface area (TPSA) is 128 Å². The number of rotatable bonds is 8. The molecule has 3 rings (SSSR count). The molecule has 10 nitrogen and oxygen atoms in total. The van der Waals surface area contributed by atoms with Gasteiger partial charge in [-0.25, -0.2) is 26.9 Å². The highest BCUT2D eigenvalue weighted by atomic mass is 35.5. The molecule has 156 valence electrons. The summed E-state index contributed by atoms with van der Waals surface area (Å²) < 4.78 is 67.5. The summed E-state index contributed by atoms with van der Waals surface area (Å²) in [6.07, 6.45) is -1.53. The van der Waals surface area contributed by atoms with E-state index < -0.39 is 29.0 Å². The fourth-order valence-electron chi connectivity index (χ4n) is 2.36. The van der Waals surface area contributed by atoms with Crippen LogP contribution in [0.15, 0.2) is 23.2 Å². The first-order chi connectivity index (χ1) is 13.7. The molecule has 3 heterocycles. The van der Waals surface area contributed by atoms with Crippen LogP contribution in [-0.4, -0.2) is 55.6 Å². The number of anilines is 1. The van der Waals surface area contributed by atoms with Gasteiger partial charge in [0.15, 0.2) is 0 Å². The Labute approximate surface area is 168 Å². The van der Waals surface area contributed by atoms with Crippen LogP contribution in [0.4, 0.5) is 14.7 Å². The molecule has 0 bridgehead atoms. The van der Waals surface area contributed by atoms with Crippen molar-refractivity contribution in [3.8, 4) is 17.5 Å². The Hall–Kier alpha value is -2.93. The number of sulfonamides is 1. The Kier molecular flexibility index (Phi) is 5.88. The number of hydrogen-bond donors (Lipinski definition) is 2. The quantitative estimate of drug-likeness (QED) is 0.502. The van der Waals surface area contributed by atoms with Crippen molar-refractivity contribution in [2.24, 2.45) is 0 Å². The van der Waals surface area contributed by atoms with Crippen molar-refractivity contribution in [2.45, 2.75) is 11.3 Å². The summed E-state index contributed by atoms with van der Waals surface area (Å²) in [5, 5.41) is 0.478. The number of H-pyrrole nitrogens is 1. The van der Waals surface area contributed by atoms with E-state index >= 15 is 0 Å². The van der Waals surface area contributed by atoms with Crippen LogP contribution >= 0.6 is 11.6 Å². The van der Waals surface area contributed by atoms with Crippen molar-refractivity contribution in [1.29, 1.82) is 0 Å². The average molecular weight is 450 g/mol. The SMILES string of the molecule is COc1nc(NS(=O)(=O)c2c[nH]c3nc(Cl)ccc23)nc(OC)c1OCC(F)F. The third-order valence-electron chi connectivity index (χ3n) is 3.53. The van der Waals surface area contributed by atoms with Gasteiger partial charge in [0.05, 0.1) is 14.2 Å². The summed E-state index contributed by atoms with van der Waals surface area (Å²) in [5.74, 6) is -1.28. The third kappa shape index (κ3) is 4.40. The van der Waals surface area contributed by atoms with E-state index in [9.17, 15) is 17.2 Å². The number of ether oxygens (including phenoxy) is 3. The maximum Gasteiger partial charge on any atom is 0.272 e. The van der Waals surface area contributed by atoms with Gasteiger partial charge in [0.2, 0.25) is 11.7 Å². The Balaban J connectivity index is 1.97. The van der Waals surface area contributed by atoms with E-state index in [-0.39, 0.29) is 38.6 Å². The number of fused-ring (bicyclic) bond motifs is 1. The zero-order valence-corrected chi connectivity index (χ0v) is 16.5. The Bertz CT molecular complexity index is 1120. The number of aromatic amines is 1. The lowest BCUT2D eigenvalue weighted by molar-refractivity contribution is 0.0781. The highest BCUT2D eigenvalue weighted by Gasteiger charge is 2.25. The molecule has 0 fully saturated rings. The molecular formula is C15H14ClF2N5O5S. The number of hydrogen-bond acceptors (Lipinski definition) is 8. The minimum atomic E-state index is -4.16. The van der Waals surface area contributed by atoms with Crippen LogP contribution in [0.3, 0.4) is 0 Å². The summed E-state index contributed by atoms with van der Waals surface area (Å²) in [7, 11) is -1.76. The zero-order valence-electron chi connectivity index (χ0n) is 14.9. The van der Waals surface area contributed by atoms with E-state index in [1.165, 1.54) is 32.5 Å². The lowest BCUT2D eigenvalue weighted by Gasteiger charge is -2.14. The van der Waals surface area contributed by atoms with Crippen molar-refractivity contribution in [1.82, 2.24) is 19.9 Å². The van der Waals surface area contributed by atoms with Crippen LogP contribution in [0, 0.1) is 0 Å². The standard InChI is InChI=1S/C15H14ClF2N5O5S/c1-26-13-11(28-6-10(17)18)14(27-2)22-15(21-13)23-29(24,25)8-5-19-12-7(8)3-4-9(16)20-12/h3-5,10H,6H2,1-2H3,(H,19,20)(H,21,22,23). The van der Waals surface area contributed by atoms with Gasteiger partial charge in [-0.2, -0.15) is 9.97 Å². The zero-order chi connectivity index (χ0) is 21.2. The first-order valence-corrected chi connectivity index (χ1v) is 9.68. The number of pyridine rings is 1. The van der Waals surface area contributed by atoms with Crippen LogP contribution in [0.25, 0.3) is 11.0 Å². The number of methoxy groups -OCH3 is 2. The third-order valence-corrected chi connectivity index (χ3v) is 5.10. The summed E-state index contributed by atoms with van der Waals surface area (Å²) in [6.45, 7) is -0.952. The summed E-state index contributed by atoms with van der Waals surface area (Å²) in [5.41, 5.74) is 0.268. The molecule has 0 amide bonds. The molecule has 0 unspecified atom stereocenters. The van der Waals surface area contributed by atoms with E-state index in [1.807, 2.05) is 0 Å². The van der Waals surface area contributed by atoms with Crippen molar-refractivity contribution in [3.05, 3.63) is 23.5 Å². The van der Waals surface area contributed by atoms with Crippen molar-refractivity contribution in [2.75, 3.05) is 25.5 Å². The van der Waals surface area contributed by atoms with E-state index in [0.29, 0.717) is 0 Å². The fraction of sp³-hybridized carbons (Fsp3) is 0.267. The largest absolute Gasteiger partial charge is 0.478 e. The molecule has 3 aromatic heterocycles. The van der Waals surface area contributed by atoms with Gasteiger partial charge >= 0.3 is 0 Å². The Morgan fingerprint density at radius 2 is 1.83 bits per heavy atom. The maximum absolute atomic E-state index is 12.8. The van der Waals surface area contributed by atoms with Gasteiger partial charge in [-0.15, -0.1) is 0 Å². The molecule has 0 saturated carbocycles. The number of aromatic nitrogens is 4. The van der Waals surface area contributed by atoms with Gasteiger partial charge in [0.25, 0.3) is 28.2 Å². The molecule has 0 radical (unpaired) electrons. The second-order valence-electron chi connectivity index (χ2n) is 5.39. The predicted molar refractivity (Wildman–Crippen MR) is 98.5 cm³/mol. The number of halogens is 3. The normalized spacial score (nSPS) is 11.7. The lowest BCUT2D eigenvalue weighted by atomic mass is 10.3. The van der Waals surface area contributed by atoms with Gasteiger partial charge in [0, 0.05) is 11.6 Å². The highest BCUT2D eigenvalue weighted by molar-refractivity contribution is 7.93. The molecule has 2 N–H and O–H groups in total. The highest BCUT2D eigenvalue weighted by Crippen LogP contribution is 2.36. The van der Waals surface area contributed by atoms with Crippen LogP contribution in [-0.2, 0) is 10.0 Å². The number of nitrogens with zero attached hydrogens (tertiary/aromatic N) is 3. The fourth-order valence-corrected chi connectivity index (χ4v) is 3.61. The van der Waals surface area contributed by atoms with E-state index in [0.717, 1.165) is 0 Å². The van der Waals surface area contributed by atoms with Gasteiger partial charge in [-0.3, -0.25) is 0 Å². The van der Waals surface area contributed by atoms with Crippen LogP contribution in [0.2, 0.25) is 5.15 Å². The molecule has 3 aromatic rings. The van der Waals surface area contributed by atoms with Gasteiger partial charge in [-0.05, 0) is 12.1 Å². The molecule has 0 saturated heterocycles. The summed E-state index contributed by atoms with van der Waals surface area (Å²) >= 11 is 5.80. The van der Waals surface area contributed by atoms with Crippen LogP contribution in [0.1, 0.15) is 0 Å². The monoisotopic (exact) mass is 449 g/mol. The van der Waals surface area contributed by atoms with Crippen molar-refractivity contribution >= 4 is 38.6 Å². The van der Waals surface area contributed by atoms with E-state index in [2.05, 4.69) is 24.7 Å². The Morgan fingerprint density at radius 1 is 1.17 bits per heavy atom. The van der Waals surface area contributed by atoms with Crippen LogP contribution in [0.5, 0.6) is 17.5 Å². The van der Waals surface area contributed by atoms with Gasteiger partial charge in [0.1, 0.15) is 22.3 Å². The van der Waals surface area contributed by atoms with E-state index in [4.69, 9.17) is 25.8 Å². The maximum atomic E-state index is 12.8. The van der Waals surface area contributed by atoms with Gasteiger partial charge in [-0.1, -0.05) is 11.6 Å².